The van der Waals surface area contributed by atoms with Crippen molar-refractivity contribution in [2.24, 2.45) is 0 Å². The van der Waals surface area contributed by atoms with Gasteiger partial charge in [-0.1, -0.05) is 0 Å². The van der Waals surface area contributed by atoms with Crippen molar-refractivity contribution in [3.63, 3.8) is 0 Å². The highest BCUT2D eigenvalue weighted by Crippen LogP contribution is 2.12. The van der Waals surface area contributed by atoms with Gasteiger partial charge in [-0.3, -0.25) is 4.68 Å². The lowest BCUT2D eigenvalue weighted by molar-refractivity contribution is -0.125. The number of halogens is 3. The largest absolute Gasteiger partial charge is 0.401 e. The zero-order chi connectivity index (χ0) is 11.5. The second-order valence-corrected chi connectivity index (χ2v) is 3.53. The van der Waals surface area contributed by atoms with Crippen molar-refractivity contribution in [3.05, 3.63) is 18.0 Å². The van der Waals surface area contributed by atoms with Crippen LogP contribution in [0.4, 0.5) is 13.2 Å². The smallest absolute Gasteiger partial charge is 0.307 e. The number of rotatable bonds is 4. The average molecular weight is 221 g/mol. The lowest BCUT2D eigenvalue weighted by Crippen LogP contribution is -2.32. The number of hydrogen-bond donors (Lipinski definition) is 1. The first-order chi connectivity index (χ1) is 6.88. The van der Waals surface area contributed by atoms with Crippen molar-refractivity contribution in [1.29, 1.82) is 0 Å². The molecule has 6 heteroatoms. The molecule has 15 heavy (non-hydrogen) atoms. The molecule has 0 saturated heterocycles. The minimum absolute atomic E-state index is 0.0824. The molecule has 1 aromatic rings. The summed E-state index contributed by atoms with van der Waals surface area (Å²) in [4.78, 5) is 0. The van der Waals surface area contributed by atoms with Crippen LogP contribution in [0.15, 0.2) is 12.3 Å². The lowest BCUT2D eigenvalue weighted by Gasteiger charge is -2.14. The summed E-state index contributed by atoms with van der Waals surface area (Å²) in [5.41, 5.74) is 0.859. The van der Waals surface area contributed by atoms with Crippen molar-refractivity contribution >= 4 is 0 Å². The molecule has 1 atom stereocenters. The topological polar surface area (TPSA) is 29.9 Å². The van der Waals surface area contributed by atoms with Crippen LogP contribution in [-0.4, -0.2) is 29.0 Å². The first-order valence-corrected chi connectivity index (χ1v) is 4.68. The van der Waals surface area contributed by atoms with E-state index in [1.54, 1.807) is 10.9 Å². The van der Waals surface area contributed by atoms with E-state index in [1.165, 1.54) is 0 Å². The number of alkyl halides is 3. The molecule has 0 aliphatic rings. The van der Waals surface area contributed by atoms with Gasteiger partial charge in [0.2, 0.25) is 0 Å². The molecule has 0 amide bonds. The Labute approximate surface area is 86.3 Å². The number of aryl methyl sites for hydroxylation is 1. The van der Waals surface area contributed by atoms with Crippen LogP contribution in [0.5, 0.6) is 0 Å². The van der Waals surface area contributed by atoms with Crippen LogP contribution >= 0.6 is 0 Å². The summed E-state index contributed by atoms with van der Waals surface area (Å²) in [6.45, 7) is 2.94. The van der Waals surface area contributed by atoms with Gasteiger partial charge in [-0.25, -0.2) is 0 Å². The predicted molar refractivity (Wildman–Crippen MR) is 50.6 cm³/mol. The minimum atomic E-state index is -4.15. The van der Waals surface area contributed by atoms with Gasteiger partial charge in [0.25, 0.3) is 0 Å². The highest BCUT2D eigenvalue weighted by Gasteiger charge is 2.26. The third-order valence-corrected chi connectivity index (χ3v) is 1.96. The molecule has 86 valence electrons. The first-order valence-electron chi connectivity index (χ1n) is 4.68. The Balaban J connectivity index is 2.34. The monoisotopic (exact) mass is 221 g/mol. The molecule has 3 nitrogen and oxygen atoms in total. The highest BCUT2D eigenvalue weighted by atomic mass is 19.4. The van der Waals surface area contributed by atoms with Crippen LogP contribution in [0, 0.1) is 6.92 Å². The molecule has 1 heterocycles. The fourth-order valence-corrected chi connectivity index (χ4v) is 1.19. The number of nitrogens with zero attached hydrogens (tertiary/aromatic N) is 2. The molecule has 0 aromatic carbocycles. The maximum atomic E-state index is 11.8. The fourth-order valence-electron chi connectivity index (χ4n) is 1.19. The molecular weight excluding hydrogens is 207 g/mol. The second-order valence-electron chi connectivity index (χ2n) is 3.53. The normalized spacial score (nSPS) is 14.2. The Hall–Kier alpha value is -1.04. The van der Waals surface area contributed by atoms with Gasteiger partial charge in [0, 0.05) is 12.7 Å². The maximum absolute atomic E-state index is 11.8. The van der Waals surface area contributed by atoms with Crippen molar-refractivity contribution < 1.29 is 13.2 Å². The van der Waals surface area contributed by atoms with Crippen LogP contribution in [0.2, 0.25) is 0 Å². The average Bonchev–Trinajstić information content (AvgIpc) is 2.49. The molecule has 0 saturated carbocycles. The zero-order valence-electron chi connectivity index (χ0n) is 8.67. The minimum Gasteiger partial charge on any atom is -0.307 e. The van der Waals surface area contributed by atoms with Crippen LogP contribution in [0.1, 0.15) is 18.7 Å². The Morgan fingerprint density at radius 2 is 2.20 bits per heavy atom. The fraction of sp³-hybridized carbons (Fsp3) is 0.667. The first kappa shape index (κ1) is 12.0. The summed E-state index contributed by atoms with van der Waals surface area (Å²) in [7, 11) is 0. The molecule has 1 unspecified atom stereocenters. The van der Waals surface area contributed by atoms with E-state index in [1.807, 2.05) is 19.9 Å². The molecule has 0 fully saturated rings. The van der Waals surface area contributed by atoms with Gasteiger partial charge in [-0.05, 0) is 19.9 Å². The van der Waals surface area contributed by atoms with Crippen LogP contribution < -0.4 is 5.32 Å². The van der Waals surface area contributed by atoms with Gasteiger partial charge in [-0.2, -0.15) is 18.3 Å². The van der Waals surface area contributed by atoms with Crippen molar-refractivity contribution in [2.75, 3.05) is 13.1 Å². The maximum Gasteiger partial charge on any atom is 0.401 e. The van der Waals surface area contributed by atoms with E-state index in [0.717, 1.165) is 5.69 Å². The van der Waals surface area contributed by atoms with E-state index < -0.39 is 12.7 Å². The molecular formula is C9H14F3N3. The van der Waals surface area contributed by atoms with Crippen molar-refractivity contribution in [1.82, 2.24) is 15.1 Å². The predicted octanol–water partition coefficient (Wildman–Crippen LogP) is 1.90. The quantitative estimate of drug-likeness (QED) is 0.841. The van der Waals surface area contributed by atoms with Gasteiger partial charge in [0.05, 0.1) is 18.3 Å². The summed E-state index contributed by atoms with van der Waals surface area (Å²) >= 11 is 0. The Morgan fingerprint density at radius 3 is 2.67 bits per heavy atom. The van der Waals surface area contributed by atoms with E-state index in [2.05, 4.69) is 10.4 Å². The highest BCUT2D eigenvalue weighted by molar-refractivity contribution is 4.95. The number of aromatic nitrogens is 2. The van der Waals surface area contributed by atoms with Crippen LogP contribution in [0.25, 0.3) is 0 Å². The Kier molecular flexibility index (Phi) is 3.73. The van der Waals surface area contributed by atoms with Gasteiger partial charge in [0.15, 0.2) is 0 Å². The van der Waals surface area contributed by atoms with Crippen molar-refractivity contribution in [3.8, 4) is 0 Å². The summed E-state index contributed by atoms with van der Waals surface area (Å²) in [6, 6.07) is 1.74. The molecule has 0 aliphatic heterocycles. The lowest BCUT2D eigenvalue weighted by atomic mass is 10.3. The summed E-state index contributed by atoms with van der Waals surface area (Å²) in [6.07, 6.45) is -2.39. The summed E-state index contributed by atoms with van der Waals surface area (Å²) < 4.78 is 37.1. The Morgan fingerprint density at radius 1 is 1.53 bits per heavy atom. The molecule has 0 aliphatic carbocycles. The number of hydrogen-bond acceptors (Lipinski definition) is 2. The van der Waals surface area contributed by atoms with E-state index in [-0.39, 0.29) is 12.6 Å². The molecule has 0 bridgehead atoms. The molecule has 1 rings (SSSR count). The molecule has 1 aromatic heterocycles. The van der Waals surface area contributed by atoms with Gasteiger partial charge < -0.3 is 5.32 Å². The van der Waals surface area contributed by atoms with E-state index in [0.29, 0.717) is 0 Å². The zero-order valence-corrected chi connectivity index (χ0v) is 8.67. The molecule has 0 spiro atoms. The SMILES string of the molecule is Cc1ccn(C(C)CNCC(F)(F)F)n1. The third-order valence-electron chi connectivity index (χ3n) is 1.96. The Bertz CT molecular complexity index is 306. The second kappa shape index (κ2) is 4.65. The van der Waals surface area contributed by atoms with Crippen LogP contribution in [0.3, 0.4) is 0 Å². The van der Waals surface area contributed by atoms with E-state index in [4.69, 9.17) is 0 Å². The molecule has 1 N–H and O–H groups in total. The van der Waals surface area contributed by atoms with Gasteiger partial charge >= 0.3 is 6.18 Å². The van der Waals surface area contributed by atoms with Crippen molar-refractivity contribution in [2.45, 2.75) is 26.1 Å². The third kappa shape index (κ3) is 4.33. The molecule has 0 radical (unpaired) electrons. The van der Waals surface area contributed by atoms with E-state index in [9.17, 15) is 13.2 Å². The standard InChI is InChI=1S/C9H14F3N3/c1-7-3-4-15(14-7)8(2)5-13-6-9(10,11)12/h3-4,8,13H,5-6H2,1-2H3. The van der Waals surface area contributed by atoms with Crippen LogP contribution in [-0.2, 0) is 0 Å². The number of nitrogens with one attached hydrogen (secondary N) is 1. The summed E-state index contributed by atoms with van der Waals surface area (Å²) in [5, 5.41) is 6.47. The summed E-state index contributed by atoms with van der Waals surface area (Å²) in [5.74, 6) is 0. The van der Waals surface area contributed by atoms with E-state index >= 15 is 0 Å². The van der Waals surface area contributed by atoms with Gasteiger partial charge in [0.1, 0.15) is 0 Å². The van der Waals surface area contributed by atoms with Gasteiger partial charge in [-0.15, -0.1) is 0 Å².